The molecule has 0 aliphatic heterocycles. The second-order valence-corrected chi connectivity index (χ2v) is 16.2. The normalized spacial score (nSPS) is 14.1. The van der Waals surface area contributed by atoms with E-state index in [1.54, 1.807) is 0 Å². The van der Waals surface area contributed by atoms with Gasteiger partial charge in [-0.05, 0) is 64.2 Å². The molecule has 0 aliphatic carbocycles. The highest BCUT2D eigenvalue weighted by atomic mass is 31.2. The first-order chi connectivity index (χ1) is 26.2. The highest BCUT2D eigenvalue weighted by Gasteiger charge is 2.27. The Kier molecular flexibility index (Phi) is 38.5. The van der Waals surface area contributed by atoms with E-state index in [2.05, 4.69) is 42.7 Å². The summed E-state index contributed by atoms with van der Waals surface area (Å²) in [5.74, 6) is -0.935. The van der Waals surface area contributed by atoms with Crippen molar-refractivity contribution in [2.45, 2.75) is 212 Å². The predicted molar refractivity (Wildman–Crippen MR) is 219 cm³/mol. The van der Waals surface area contributed by atoms with Crippen LogP contribution in [0.25, 0.3) is 0 Å². The average Bonchev–Trinajstić information content (AvgIpc) is 3.16. The molecule has 0 aromatic rings. The first-order valence-corrected chi connectivity index (χ1v) is 23.3. The topological polar surface area (TPSA) is 149 Å². The van der Waals surface area contributed by atoms with E-state index in [0.717, 1.165) is 64.2 Å². The maximum absolute atomic E-state index is 12.6. The van der Waals surface area contributed by atoms with Gasteiger partial charge in [-0.15, -0.1) is 0 Å². The van der Waals surface area contributed by atoms with Gasteiger partial charge >= 0.3 is 19.8 Å². The Morgan fingerprint density at radius 3 is 1.33 bits per heavy atom. The van der Waals surface area contributed by atoms with Gasteiger partial charge in [0.2, 0.25) is 0 Å². The number of carbonyl (C=O) groups excluding carboxylic acids is 2. The third-order valence-corrected chi connectivity index (χ3v) is 10.3. The fraction of sp³-hybridized carbons (Fsp3) is 0.860. The standard InChI is InChI=1S/C43H81O10P/c1-3-5-7-9-11-13-15-17-19-20-21-23-25-27-29-31-33-35-43(47)53-41(39-52-54(48,49)51-37-40(45)36-44)38-50-42(46)34-32-30-28-26-24-22-18-16-14-12-10-8-6-4-2/h16-19,40-41,44-45H,3-15,20-39H2,1-2H3,(H,48,49)/b18-16-,19-17-/t40-,41+/m0/s1. The van der Waals surface area contributed by atoms with Crippen LogP contribution in [0.2, 0.25) is 0 Å². The van der Waals surface area contributed by atoms with Crippen LogP contribution in [0, 0.1) is 0 Å². The summed E-state index contributed by atoms with van der Waals surface area (Å²) in [6, 6.07) is 0. The van der Waals surface area contributed by atoms with E-state index in [0.29, 0.717) is 12.8 Å². The Bertz CT molecular complexity index is 957. The van der Waals surface area contributed by atoms with Crippen LogP contribution in [-0.4, -0.2) is 65.7 Å². The van der Waals surface area contributed by atoms with Crippen molar-refractivity contribution in [1.82, 2.24) is 0 Å². The van der Waals surface area contributed by atoms with Crippen molar-refractivity contribution in [3.05, 3.63) is 24.3 Å². The number of unbranched alkanes of at least 4 members (excludes halogenated alkanes) is 23. The van der Waals surface area contributed by atoms with E-state index >= 15 is 0 Å². The van der Waals surface area contributed by atoms with E-state index in [4.69, 9.17) is 19.1 Å². The van der Waals surface area contributed by atoms with Crippen LogP contribution in [0.1, 0.15) is 200 Å². The Morgan fingerprint density at radius 1 is 0.537 bits per heavy atom. The predicted octanol–water partition coefficient (Wildman–Crippen LogP) is 11.4. The lowest BCUT2D eigenvalue weighted by Gasteiger charge is -2.20. The highest BCUT2D eigenvalue weighted by molar-refractivity contribution is 7.47. The monoisotopic (exact) mass is 789 g/mol. The molecule has 11 heteroatoms. The van der Waals surface area contributed by atoms with Crippen molar-refractivity contribution in [3.63, 3.8) is 0 Å². The average molecular weight is 789 g/mol. The van der Waals surface area contributed by atoms with Gasteiger partial charge in [-0.25, -0.2) is 4.57 Å². The van der Waals surface area contributed by atoms with Crippen molar-refractivity contribution in [1.29, 1.82) is 0 Å². The number of aliphatic hydroxyl groups is 2. The molecular formula is C43H81O10P. The minimum Gasteiger partial charge on any atom is -0.462 e. The molecule has 0 saturated heterocycles. The summed E-state index contributed by atoms with van der Waals surface area (Å²) < 4.78 is 32.7. The van der Waals surface area contributed by atoms with Crippen molar-refractivity contribution in [2.24, 2.45) is 0 Å². The fourth-order valence-corrected chi connectivity index (χ4v) is 6.71. The number of hydrogen-bond acceptors (Lipinski definition) is 9. The van der Waals surface area contributed by atoms with Gasteiger partial charge in [0.25, 0.3) is 0 Å². The van der Waals surface area contributed by atoms with Gasteiger partial charge in [-0.2, -0.15) is 0 Å². The summed E-state index contributed by atoms with van der Waals surface area (Å²) in [6.45, 7) is 2.36. The van der Waals surface area contributed by atoms with Crippen LogP contribution < -0.4 is 0 Å². The van der Waals surface area contributed by atoms with Gasteiger partial charge in [0.15, 0.2) is 6.10 Å². The van der Waals surface area contributed by atoms with Gasteiger partial charge in [0.05, 0.1) is 19.8 Å². The molecule has 0 fully saturated rings. The summed E-state index contributed by atoms with van der Waals surface area (Å²) in [5, 5.41) is 18.3. The third kappa shape index (κ3) is 38.7. The van der Waals surface area contributed by atoms with E-state index in [-0.39, 0.29) is 19.4 Å². The summed E-state index contributed by atoms with van der Waals surface area (Å²) in [7, 11) is -4.62. The van der Waals surface area contributed by atoms with E-state index < -0.39 is 51.8 Å². The second-order valence-electron chi connectivity index (χ2n) is 14.7. The molecule has 0 amide bonds. The van der Waals surface area contributed by atoms with Crippen LogP contribution in [0.5, 0.6) is 0 Å². The first kappa shape index (κ1) is 52.5. The Balaban J connectivity index is 4.30. The maximum Gasteiger partial charge on any atom is 0.472 e. The largest absolute Gasteiger partial charge is 0.472 e. The van der Waals surface area contributed by atoms with Crippen LogP contribution >= 0.6 is 7.82 Å². The molecule has 318 valence electrons. The number of hydrogen-bond donors (Lipinski definition) is 3. The number of phosphoric ester groups is 1. The second kappa shape index (κ2) is 39.7. The van der Waals surface area contributed by atoms with Gasteiger partial charge in [-0.1, -0.05) is 147 Å². The minimum absolute atomic E-state index is 0.179. The van der Waals surface area contributed by atoms with Crippen molar-refractivity contribution >= 4 is 19.8 Å². The zero-order valence-corrected chi connectivity index (χ0v) is 35.3. The smallest absolute Gasteiger partial charge is 0.462 e. The third-order valence-electron chi connectivity index (χ3n) is 9.33. The molecule has 3 N–H and O–H groups in total. The number of allylic oxidation sites excluding steroid dienone is 4. The fourth-order valence-electron chi connectivity index (χ4n) is 5.92. The molecule has 0 bridgehead atoms. The highest BCUT2D eigenvalue weighted by Crippen LogP contribution is 2.43. The van der Waals surface area contributed by atoms with Crippen molar-refractivity contribution < 1.29 is 47.8 Å². The van der Waals surface area contributed by atoms with E-state index in [9.17, 15) is 24.2 Å². The number of rotatable bonds is 41. The van der Waals surface area contributed by atoms with Crippen molar-refractivity contribution in [3.8, 4) is 0 Å². The lowest BCUT2D eigenvalue weighted by molar-refractivity contribution is -0.161. The number of phosphoric acid groups is 1. The molecular weight excluding hydrogens is 707 g/mol. The molecule has 54 heavy (non-hydrogen) atoms. The molecule has 0 spiro atoms. The van der Waals surface area contributed by atoms with E-state index in [1.807, 2.05) is 0 Å². The SMILES string of the molecule is CCCCCCC/C=C\CCCCCCCC(=O)OC[C@H](COP(=O)(O)OC[C@@H](O)CO)OC(=O)CCCCCCCCC/C=C\CCCCCCCC. The molecule has 0 radical (unpaired) electrons. The number of aliphatic hydroxyl groups excluding tert-OH is 2. The van der Waals surface area contributed by atoms with Gasteiger partial charge < -0.3 is 24.6 Å². The van der Waals surface area contributed by atoms with Crippen LogP contribution in [0.15, 0.2) is 24.3 Å². The Morgan fingerprint density at radius 2 is 0.907 bits per heavy atom. The summed E-state index contributed by atoms with van der Waals surface area (Å²) >= 11 is 0. The van der Waals surface area contributed by atoms with Gasteiger partial charge in [0.1, 0.15) is 12.7 Å². The zero-order chi connectivity index (χ0) is 39.8. The molecule has 0 aliphatic rings. The van der Waals surface area contributed by atoms with Crippen LogP contribution in [0.4, 0.5) is 0 Å². The van der Waals surface area contributed by atoms with Crippen LogP contribution in [-0.2, 0) is 32.7 Å². The summed E-state index contributed by atoms with van der Waals surface area (Å²) in [4.78, 5) is 35.0. The van der Waals surface area contributed by atoms with E-state index in [1.165, 1.54) is 96.3 Å². The van der Waals surface area contributed by atoms with Gasteiger partial charge in [0, 0.05) is 12.8 Å². The zero-order valence-electron chi connectivity index (χ0n) is 34.4. The molecule has 0 rings (SSSR count). The first-order valence-electron chi connectivity index (χ1n) is 21.8. The summed E-state index contributed by atoms with van der Waals surface area (Å²) in [6.07, 6.45) is 38.5. The molecule has 0 aromatic carbocycles. The number of ether oxygens (including phenoxy) is 2. The molecule has 1 unspecified atom stereocenters. The minimum atomic E-state index is -4.62. The van der Waals surface area contributed by atoms with Gasteiger partial charge in [-0.3, -0.25) is 18.6 Å². The molecule has 10 nitrogen and oxygen atoms in total. The van der Waals surface area contributed by atoms with Crippen LogP contribution in [0.3, 0.4) is 0 Å². The Hall–Kier alpha value is -1.55. The Labute approximate surface area is 329 Å². The number of carbonyl (C=O) groups is 2. The van der Waals surface area contributed by atoms with Crippen molar-refractivity contribution in [2.75, 3.05) is 26.4 Å². The summed E-state index contributed by atoms with van der Waals surface area (Å²) in [5.41, 5.74) is 0. The lowest BCUT2D eigenvalue weighted by Crippen LogP contribution is -2.29. The molecule has 0 heterocycles. The number of esters is 2. The molecule has 0 aromatic heterocycles. The lowest BCUT2D eigenvalue weighted by atomic mass is 10.1. The maximum atomic E-state index is 12.6. The molecule has 3 atom stereocenters. The quantitative estimate of drug-likeness (QED) is 0.0236. The molecule has 0 saturated carbocycles.